The molecular weight excluding hydrogens is 707 g/mol. The molecule has 3 aliphatic carbocycles. The molecule has 0 aliphatic heterocycles. The van der Waals surface area contributed by atoms with Gasteiger partial charge < -0.3 is 4.72 Å². The molecule has 2 fully saturated rings. The van der Waals surface area contributed by atoms with Crippen molar-refractivity contribution in [3.63, 3.8) is 0 Å². The van der Waals surface area contributed by atoms with Crippen molar-refractivity contribution < 1.29 is 34.6 Å². The third-order valence-corrected chi connectivity index (χ3v) is 11.6. The van der Waals surface area contributed by atoms with Gasteiger partial charge in [-0.05, 0) is 72.9 Å². The Hall–Kier alpha value is -4.73. The van der Waals surface area contributed by atoms with Crippen LogP contribution in [-0.2, 0) is 37.7 Å². The molecule has 0 saturated heterocycles. The van der Waals surface area contributed by atoms with E-state index in [-0.39, 0.29) is 27.6 Å². The molecule has 264 valence electrons. The summed E-state index contributed by atoms with van der Waals surface area (Å²) in [6.45, 7) is 2.25. The fourth-order valence-electron chi connectivity index (χ4n) is 7.83. The predicted octanol–water partition coefficient (Wildman–Crippen LogP) is 9.04. The maximum absolute atomic E-state index is 12.6. The molecule has 5 aromatic rings. The van der Waals surface area contributed by atoms with Gasteiger partial charge in [0.2, 0.25) is 0 Å². The first kappa shape index (κ1) is 37.5. The summed E-state index contributed by atoms with van der Waals surface area (Å²) in [5, 5.41) is 11.1. The summed E-state index contributed by atoms with van der Waals surface area (Å²) in [5.74, 6) is 2.65. The minimum Gasteiger partial charge on any atom is -0.572 e. The Balaban J connectivity index is 0.000000170. The van der Waals surface area contributed by atoms with Gasteiger partial charge in [-0.3, -0.25) is 24.9 Å². The minimum atomic E-state index is -4.26. The Labute approximate surface area is 309 Å². The SMILES string of the molecule is C[C@]12CC[C@@H]3c4cc[c-]cc4CC[C@H]3[C@@H]1CCC2=O.O=[N+]([O-])c1ccccc1S(=O)(=O)[N-]c1ccccc1-c1ccccn1.[Ni+2].c1ccncc1. The number of nitro benzene ring substituents is 1. The van der Waals surface area contributed by atoms with Crippen LogP contribution in [0.2, 0.25) is 0 Å². The number of ketones is 1. The molecule has 2 saturated carbocycles. The molecule has 51 heavy (non-hydrogen) atoms. The van der Waals surface area contributed by atoms with Crippen molar-refractivity contribution in [3.8, 4) is 11.3 Å². The molecule has 0 unspecified atom stereocenters. The topological polar surface area (TPSA) is 134 Å². The first-order valence-corrected chi connectivity index (χ1v) is 18.2. The number of benzene rings is 3. The number of hydrogen-bond donors (Lipinski definition) is 0. The number of fused-ring (bicyclic) bond motifs is 5. The van der Waals surface area contributed by atoms with Crippen LogP contribution < -0.4 is 0 Å². The van der Waals surface area contributed by atoms with Crippen LogP contribution in [0.4, 0.5) is 11.4 Å². The largest absolute Gasteiger partial charge is 2.00 e. The molecule has 3 aromatic carbocycles. The number of aryl methyl sites for hydroxylation is 1. The smallest absolute Gasteiger partial charge is 0.572 e. The van der Waals surface area contributed by atoms with Gasteiger partial charge in [0.15, 0.2) is 0 Å². The number of para-hydroxylation sites is 1. The summed E-state index contributed by atoms with van der Waals surface area (Å²) in [6, 6.07) is 32.4. The Morgan fingerprint density at radius 1 is 0.882 bits per heavy atom. The van der Waals surface area contributed by atoms with Gasteiger partial charge in [0.25, 0.3) is 5.69 Å². The number of hydrogen-bond acceptors (Lipinski definition) is 7. The quantitative estimate of drug-likeness (QED) is 0.0759. The number of carbonyl (C=O) groups excluding carboxylic acids is 1. The van der Waals surface area contributed by atoms with Gasteiger partial charge in [-0.1, -0.05) is 68.3 Å². The summed E-state index contributed by atoms with van der Waals surface area (Å²) in [6.07, 6.45) is 11.8. The zero-order chi connectivity index (χ0) is 35.1. The second-order valence-corrected chi connectivity index (χ2v) is 14.6. The van der Waals surface area contributed by atoms with E-state index >= 15 is 0 Å². The molecule has 4 atom stereocenters. The number of aromatic nitrogens is 2. The number of pyridine rings is 2. The van der Waals surface area contributed by atoms with Crippen molar-refractivity contribution in [2.75, 3.05) is 0 Å². The van der Waals surface area contributed by atoms with Gasteiger partial charge in [0.05, 0.1) is 10.6 Å². The number of rotatable bonds is 5. The summed E-state index contributed by atoms with van der Waals surface area (Å²) in [7, 11) is -4.26. The molecule has 3 aliphatic rings. The number of Topliss-reactive ketones (excluding diaryl/α,β-unsaturated/α-hetero) is 1. The molecule has 0 bridgehead atoms. The van der Waals surface area contributed by atoms with Gasteiger partial charge in [0.1, 0.15) is 20.7 Å². The Morgan fingerprint density at radius 2 is 1.61 bits per heavy atom. The maximum atomic E-state index is 12.6. The van der Waals surface area contributed by atoms with Crippen LogP contribution >= 0.6 is 0 Å². The molecule has 9 nitrogen and oxygen atoms in total. The van der Waals surface area contributed by atoms with E-state index in [9.17, 15) is 23.3 Å². The summed E-state index contributed by atoms with van der Waals surface area (Å²) in [5.41, 5.74) is 3.82. The number of nitro groups is 1. The van der Waals surface area contributed by atoms with Crippen molar-refractivity contribution in [1.82, 2.24) is 9.97 Å². The Bertz CT molecular complexity index is 2040. The molecule has 0 radical (unpaired) electrons. The standard InChI is InChI=1S/C18H21O.C17H12N3O4S.C5H5N.Ni/c1-18-11-10-14-13-5-3-2-4-12(13)6-7-15(14)16(18)8-9-17(18)19;21-20(22)16-10-3-4-11-17(16)25(23,24)19-15-9-2-1-7-13(15)14-8-5-6-12-18-14;1-2-4-6-5-3-1;/h3-5,14-16H,6-11H2,1H3;1-12H;1-5H;/q2*-1;;+2/t14-,15-,16+,18+;;;/m1.../s1. The molecular formula is C40H38N4NiO5S. The molecule has 2 heterocycles. The first-order chi connectivity index (χ1) is 24.2. The number of sulfonamides is 1. The van der Waals surface area contributed by atoms with Crippen LogP contribution in [0, 0.1) is 33.4 Å². The van der Waals surface area contributed by atoms with Crippen molar-refractivity contribution in [3.05, 3.63) is 154 Å². The average Bonchev–Trinajstić information content (AvgIpc) is 3.47. The van der Waals surface area contributed by atoms with Gasteiger partial charge in [-0.15, -0.1) is 5.69 Å². The van der Waals surface area contributed by atoms with E-state index in [4.69, 9.17) is 0 Å². The van der Waals surface area contributed by atoms with Crippen molar-refractivity contribution in [2.45, 2.75) is 56.3 Å². The molecule has 11 heteroatoms. The zero-order valence-corrected chi connectivity index (χ0v) is 29.9. The summed E-state index contributed by atoms with van der Waals surface area (Å²) in [4.78, 5) is 30.1. The fourth-order valence-corrected chi connectivity index (χ4v) is 9.01. The average molecular weight is 746 g/mol. The van der Waals surface area contributed by atoms with Gasteiger partial charge in [0, 0.05) is 36.5 Å². The van der Waals surface area contributed by atoms with E-state index < -0.39 is 25.5 Å². The molecule has 0 N–H and O–H groups in total. The molecule has 8 rings (SSSR count). The monoisotopic (exact) mass is 744 g/mol. The predicted molar refractivity (Wildman–Crippen MR) is 192 cm³/mol. The van der Waals surface area contributed by atoms with Crippen LogP contribution in [0.5, 0.6) is 0 Å². The van der Waals surface area contributed by atoms with E-state index in [1.54, 1.807) is 60.6 Å². The summed E-state index contributed by atoms with van der Waals surface area (Å²) < 4.78 is 29.0. The van der Waals surface area contributed by atoms with Crippen LogP contribution in [0.3, 0.4) is 0 Å². The zero-order valence-electron chi connectivity index (χ0n) is 28.1. The molecule has 0 amide bonds. The van der Waals surface area contributed by atoms with E-state index in [1.807, 2.05) is 18.2 Å². The third-order valence-electron chi connectivity index (χ3n) is 10.2. The van der Waals surface area contributed by atoms with Crippen LogP contribution in [-0.4, -0.2) is 29.1 Å². The van der Waals surface area contributed by atoms with Crippen molar-refractivity contribution in [1.29, 1.82) is 0 Å². The van der Waals surface area contributed by atoms with Gasteiger partial charge >= 0.3 is 16.5 Å². The van der Waals surface area contributed by atoms with E-state index in [1.165, 1.54) is 49.1 Å². The molecule has 0 spiro atoms. The summed E-state index contributed by atoms with van der Waals surface area (Å²) >= 11 is 0. The molecule has 2 aromatic heterocycles. The van der Waals surface area contributed by atoms with Crippen LogP contribution in [0.15, 0.2) is 127 Å². The maximum Gasteiger partial charge on any atom is 2.00 e. The van der Waals surface area contributed by atoms with Gasteiger partial charge in [-0.25, -0.2) is 8.42 Å². The van der Waals surface area contributed by atoms with Crippen LogP contribution in [0.25, 0.3) is 16.0 Å². The Morgan fingerprint density at radius 3 is 2.31 bits per heavy atom. The number of nitrogens with zero attached hydrogens (tertiary/aromatic N) is 4. The fraction of sp³-hybridized carbons (Fsp3) is 0.275. The number of carbonyl (C=O) groups is 1. The minimum absolute atomic E-state index is 0. The van der Waals surface area contributed by atoms with E-state index in [0.717, 1.165) is 31.2 Å². The van der Waals surface area contributed by atoms with E-state index in [2.05, 4.69) is 45.9 Å². The van der Waals surface area contributed by atoms with E-state index in [0.29, 0.717) is 28.9 Å². The normalized spacial score (nSPS) is 21.4. The second kappa shape index (κ2) is 16.5. The van der Waals surface area contributed by atoms with Crippen molar-refractivity contribution in [2.24, 2.45) is 17.3 Å². The Kier molecular flexibility index (Phi) is 12.2. The first-order valence-electron chi connectivity index (χ1n) is 16.8. The second-order valence-electron chi connectivity index (χ2n) is 13.0. The third kappa shape index (κ3) is 8.27. The van der Waals surface area contributed by atoms with Crippen LogP contribution in [0.1, 0.15) is 56.1 Å². The van der Waals surface area contributed by atoms with Gasteiger partial charge in [-0.2, -0.15) is 35.4 Å². The van der Waals surface area contributed by atoms with Crippen molar-refractivity contribution >= 4 is 27.2 Å².